The zero-order valence-corrected chi connectivity index (χ0v) is 18.8. The first-order valence-corrected chi connectivity index (χ1v) is 11.6. The van der Waals surface area contributed by atoms with Gasteiger partial charge in [0.05, 0.1) is 5.92 Å². The number of carbonyl (C=O) groups is 3. The number of carboxylic acids is 1. The smallest absolute Gasteiger partial charge is 0.407 e. The first-order valence-electron chi connectivity index (χ1n) is 11.6. The Morgan fingerprint density at radius 3 is 2.33 bits per heavy atom. The van der Waals surface area contributed by atoms with Crippen molar-refractivity contribution in [3.8, 4) is 11.1 Å². The summed E-state index contributed by atoms with van der Waals surface area (Å²) in [5, 5.41) is 12.0. The summed E-state index contributed by atoms with van der Waals surface area (Å²) >= 11 is 0. The topological polar surface area (TPSA) is 95.9 Å². The Balaban J connectivity index is 1.40. The second-order valence-electron chi connectivity index (χ2n) is 8.77. The summed E-state index contributed by atoms with van der Waals surface area (Å²) in [5.74, 6) is -1.73. The molecule has 0 bridgehead atoms. The number of alkyl carbamates (subject to hydrolysis) is 1. The summed E-state index contributed by atoms with van der Waals surface area (Å²) in [6.07, 6.45) is 1.76. The van der Waals surface area contributed by atoms with Crippen LogP contribution in [0.15, 0.2) is 48.5 Å². The lowest BCUT2D eigenvalue weighted by atomic mass is 9.97. The molecular weight excluding hydrogens is 420 g/mol. The largest absolute Gasteiger partial charge is 0.481 e. The van der Waals surface area contributed by atoms with Crippen molar-refractivity contribution in [3.63, 3.8) is 0 Å². The van der Waals surface area contributed by atoms with E-state index in [1.165, 1.54) is 0 Å². The molecular formula is C26H30N2O5. The molecule has 1 aliphatic carbocycles. The molecule has 2 aromatic carbocycles. The van der Waals surface area contributed by atoms with Crippen molar-refractivity contribution in [3.05, 3.63) is 59.7 Å². The van der Waals surface area contributed by atoms with E-state index in [1.54, 1.807) is 4.90 Å². The predicted molar refractivity (Wildman–Crippen MR) is 124 cm³/mol. The molecule has 0 saturated carbocycles. The molecule has 0 spiro atoms. The molecule has 0 radical (unpaired) electrons. The molecule has 174 valence electrons. The van der Waals surface area contributed by atoms with Crippen LogP contribution in [0.5, 0.6) is 0 Å². The van der Waals surface area contributed by atoms with Gasteiger partial charge < -0.3 is 20.1 Å². The van der Waals surface area contributed by atoms with Gasteiger partial charge in [0, 0.05) is 19.0 Å². The first-order chi connectivity index (χ1) is 16.0. The van der Waals surface area contributed by atoms with E-state index in [-0.39, 0.29) is 25.0 Å². The van der Waals surface area contributed by atoms with E-state index < -0.39 is 24.0 Å². The van der Waals surface area contributed by atoms with Crippen LogP contribution in [0.3, 0.4) is 0 Å². The average Bonchev–Trinajstić information content (AvgIpc) is 3.16. The van der Waals surface area contributed by atoms with Crippen molar-refractivity contribution in [2.24, 2.45) is 5.92 Å². The fourth-order valence-corrected chi connectivity index (χ4v) is 4.93. The van der Waals surface area contributed by atoms with E-state index in [0.29, 0.717) is 32.2 Å². The number of aliphatic carboxylic acids is 1. The number of rotatable bonds is 7. The van der Waals surface area contributed by atoms with Crippen molar-refractivity contribution in [2.75, 3.05) is 19.7 Å². The van der Waals surface area contributed by atoms with E-state index >= 15 is 0 Å². The third-order valence-electron chi connectivity index (χ3n) is 6.59. The Morgan fingerprint density at radius 1 is 1.09 bits per heavy atom. The number of likely N-dealkylation sites (tertiary alicyclic amines) is 1. The molecule has 0 aromatic heterocycles. The molecule has 2 aromatic rings. The van der Waals surface area contributed by atoms with Crippen LogP contribution in [0, 0.1) is 5.92 Å². The molecule has 1 unspecified atom stereocenters. The van der Waals surface area contributed by atoms with Gasteiger partial charge >= 0.3 is 12.1 Å². The Morgan fingerprint density at radius 2 is 1.73 bits per heavy atom. The highest BCUT2D eigenvalue weighted by atomic mass is 16.5. The number of ether oxygens (including phenoxy) is 1. The van der Waals surface area contributed by atoms with Gasteiger partial charge in [-0.1, -0.05) is 61.9 Å². The molecule has 7 nitrogen and oxygen atoms in total. The minimum absolute atomic E-state index is 0.0538. The van der Waals surface area contributed by atoms with Crippen molar-refractivity contribution in [2.45, 2.75) is 44.6 Å². The number of nitrogens with one attached hydrogen (secondary N) is 1. The molecule has 2 amide bonds. The number of amides is 2. The van der Waals surface area contributed by atoms with Crippen molar-refractivity contribution in [1.82, 2.24) is 10.2 Å². The number of nitrogens with zero attached hydrogens (tertiary/aromatic N) is 1. The monoisotopic (exact) mass is 450 g/mol. The van der Waals surface area contributed by atoms with Crippen LogP contribution in [0.1, 0.15) is 49.7 Å². The standard InChI is InChI=1S/C26H30N2O5/c1-2-8-23(24(29)28-14-7-9-17(15-28)25(30)31)27-26(32)33-16-22-20-12-5-3-10-18(20)19-11-4-6-13-21(19)22/h3-6,10-13,17,22-23H,2,7-9,14-16H2,1H3,(H,27,32)(H,30,31)/t17?,23-/m0/s1. The maximum absolute atomic E-state index is 13.0. The first kappa shape index (κ1) is 22.8. The Hall–Kier alpha value is -3.35. The normalized spacial score (nSPS) is 18.2. The number of piperidine rings is 1. The summed E-state index contributed by atoms with van der Waals surface area (Å²) in [4.78, 5) is 38.6. The van der Waals surface area contributed by atoms with Crippen LogP contribution in [0.25, 0.3) is 11.1 Å². The molecule has 1 aliphatic heterocycles. The third kappa shape index (κ3) is 4.87. The van der Waals surface area contributed by atoms with Gasteiger partial charge in [0.15, 0.2) is 0 Å². The van der Waals surface area contributed by atoms with Crippen molar-refractivity contribution in [1.29, 1.82) is 0 Å². The molecule has 1 saturated heterocycles. The number of carboxylic acid groups (broad SMARTS) is 1. The summed E-state index contributed by atoms with van der Waals surface area (Å²) in [7, 11) is 0. The van der Waals surface area contributed by atoms with E-state index in [0.717, 1.165) is 22.3 Å². The van der Waals surface area contributed by atoms with Gasteiger partial charge in [-0.3, -0.25) is 9.59 Å². The number of carbonyl (C=O) groups excluding carboxylic acids is 2. The molecule has 2 atom stereocenters. The lowest BCUT2D eigenvalue weighted by molar-refractivity contribution is -0.146. The molecule has 1 heterocycles. The fourth-order valence-electron chi connectivity index (χ4n) is 4.93. The zero-order valence-electron chi connectivity index (χ0n) is 18.8. The van der Waals surface area contributed by atoms with Gasteiger partial charge in [-0.2, -0.15) is 0 Å². The summed E-state index contributed by atoms with van der Waals surface area (Å²) < 4.78 is 5.60. The Bertz CT molecular complexity index is 991. The summed E-state index contributed by atoms with van der Waals surface area (Å²) in [6, 6.07) is 15.5. The highest BCUT2D eigenvalue weighted by Gasteiger charge is 2.33. The van der Waals surface area contributed by atoms with Crippen LogP contribution < -0.4 is 5.32 Å². The average molecular weight is 451 g/mol. The fraction of sp³-hybridized carbons (Fsp3) is 0.423. The maximum atomic E-state index is 13.0. The Labute approximate surface area is 193 Å². The van der Waals surface area contributed by atoms with Gasteiger partial charge in [0.2, 0.25) is 5.91 Å². The van der Waals surface area contributed by atoms with Crippen LogP contribution in [0.4, 0.5) is 4.79 Å². The van der Waals surface area contributed by atoms with Crippen LogP contribution >= 0.6 is 0 Å². The molecule has 33 heavy (non-hydrogen) atoms. The highest BCUT2D eigenvalue weighted by molar-refractivity contribution is 5.86. The highest BCUT2D eigenvalue weighted by Crippen LogP contribution is 2.44. The van der Waals surface area contributed by atoms with Gasteiger partial charge in [-0.25, -0.2) is 4.79 Å². The number of hydrogen-bond acceptors (Lipinski definition) is 4. The van der Waals surface area contributed by atoms with Crippen LogP contribution in [-0.4, -0.2) is 53.7 Å². The maximum Gasteiger partial charge on any atom is 0.407 e. The lowest BCUT2D eigenvalue weighted by Crippen LogP contribution is -2.52. The zero-order chi connectivity index (χ0) is 23.4. The van der Waals surface area contributed by atoms with Gasteiger partial charge in [0.25, 0.3) is 0 Å². The second-order valence-corrected chi connectivity index (χ2v) is 8.77. The second kappa shape index (κ2) is 10.1. The molecule has 4 rings (SSSR count). The van der Waals surface area contributed by atoms with Gasteiger partial charge in [-0.15, -0.1) is 0 Å². The molecule has 2 aliphatic rings. The predicted octanol–water partition coefficient (Wildman–Crippen LogP) is 4.02. The van der Waals surface area contributed by atoms with E-state index in [4.69, 9.17) is 4.74 Å². The molecule has 7 heteroatoms. The van der Waals surface area contributed by atoms with E-state index in [1.807, 2.05) is 31.2 Å². The number of fused-ring (bicyclic) bond motifs is 3. The van der Waals surface area contributed by atoms with Crippen molar-refractivity contribution >= 4 is 18.0 Å². The number of hydrogen-bond donors (Lipinski definition) is 2. The van der Waals surface area contributed by atoms with Crippen LogP contribution in [0.2, 0.25) is 0 Å². The van der Waals surface area contributed by atoms with E-state index in [2.05, 4.69) is 29.6 Å². The third-order valence-corrected chi connectivity index (χ3v) is 6.59. The van der Waals surface area contributed by atoms with Gasteiger partial charge in [0.1, 0.15) is 12.6 Å². The molecule has 2 N–H and O–H groups in total. The molecule has 1 fully saturated rings. The van der Waals surface area contributed by atoms with Gasteiger partial charge in [-0.05, 0) is 41.5 Å². The quantitative estimate of drug-likeness (QED) is 0.664. The lowest BCUT2D eigenvalue weighted by Gasteiger charge is -2.33. The minimum atomic E-state index is -0.885. The summed E-state index contributed by atoms with van der Waals surface area (Å²) in [5.41, 5.74) is 4.56. The minimum Gasteiger partial charge on any atom is -0.481 e. The van der Waals surface area contributed by atoms with Crippen molar-refractivity contribution < 1.29 is 24.2 Å². The number of benzene rings is 2. The SMILES string of the molecule is CCC[C@H](NC(=O)OCC1c2ccccc2-c2ccccc21)C(=O)N1CCCC(C(=O)O)C1. The summed E-state index contributed by atoms with van der Waals surface area (Å²) in [6.45, 7) is 2.81. The Kier molecular flexibility index (Phi) is 6.96. The van der Waals surface area contributed by atoms with Crippen LogP contribution in [-0.2, 0) is 14.3 Å². The van der Waals surface area contributed by atoms with E-state index in [9.17, 15) is 19.5 Å².